The first-order valence-corrected chi connectivity index (χ1v) is 9.30. The maximum Gasteiger partial charge on any atom is 0.195 e. The first-order chi connectivity index (χ1) is 14.1. The number of pyridine rings is 1. The van der Waals surface area contributed by atoms with Gasteiger partial charge in [0.1, 0.15) is 17.2 Å². The van der Waals surface area contributed by atoms with Gasteiger partial charge in [0, 0.05) is 29.8 Å². The quantitative estimate of drug-likeness (QED) is 0.493. The van der Waals surface area contributed by atoms with Crippen molar-refractivity contribution in [2.75, 3.05) is 7.11 Å². The summed E-state index contributed by atoms with van der Waals surface area (Å²) >= 11 is 0. The molecular weight excluding hydrogens is 364 g/mol. The van der Waals surface area contributed by atoms with Gasteiger partial charge in [0.25, 0.3) is 0 Å². The molecule has 5 heteroatoms. The van der Waals surface area contributed by atoms with Crippen molar-refractivity contribution in [1.29, 1.82) is 0 Å². The number of hydrogen-bond donors (Lipinski definition) is 1. The molecule has 0 spiro atoms. The Labute approximate surface area is 168 Å². The summed E-state index contributed by atoms with van der Waals surface area (Å²) in [5, 5.41) is 0.764. The predicted molar refractivity (Wildman–Crippen MR) is 112 cm³/mol. The molecule has 144 valence electrons. The lowest BCUT2D eigenvalue weighted by Crippen LogP contribution is -2.01. The summed E-state index contributed by atoms with van der Waals surface area (Å²) in [5.74, 6) is 0.632. The van der Waals surface area contributed by atoms with Crippen LogP contribution in [0.4, 0.5) is 0 Å². The highest BCUT2D eigenvalue weighted by Crippen LogP contribution is 2.32. The van der Waals surface area contributed by atoms with Crippen LogP contribution in [0.25, 0.3) is 22.2 Å². The Hall–Kier alpha value is -3.73. The van der Waals surface area contributed by atoms with Crippen molar-refractivity contribution < 1.29 is 14.3 Å². The molecule has 2 aromatic carbocycles. The van der Waals surface area contributed by atoms with Crippen molar-refractivity contribution in [2.45, 2.75) is 13.3 Å². The zero-order valence-corrected chi connectivity index (χ0v) is 16.2. The third kappa shape index (κ3) is 3.67. The van der Waals surface area contributed by atoms with E-state index in [0.29, 0.717) is 28.9 Å². The Morgan fingerprint density at radius 3 is 2.69 bits per heavy atom. The molecule has 1 N–H and O–H groups in total. The third-order valence-electron chi connectivity index (χ3n) is 4.84. The van der Waals surface area contributed by atoms with Gasteiger partial charge in [-0.25, -0.2) is 4.98 Å². The van der Waals surface area contributed by atoms with Crippen molar-refractivity contribution in [3.63, 3.8) is 0 Å². The van der Waals surface area contributed by atoms with Gasteiger partial charge >= 0.3 is 0 Å². The van der Waals surface area contributed by atoms with Gasteiger partial charge in [0.05, 0.1) is 12.7 Å². The molecule has 4 aromatic rings. The molecule has 0 saturated carbocycles. The number of ether oxygens (including phenoxy) is 1. The van der Waals surface area contributed by atoms with Crippen LogP contribution in [0.3, 0.4) is 0 Å². The van der Waals surface area contributed by atoms with Gasteiger partial charge in [-0.1, -0.05) is 36.4 Å². The number of Topliss-reactive ketones (excluding diaryl/α,β-unsaturated/α-hetero) is 1. The second-order valence-electron chi connectivity index (χ2n) is 6.92. The number of rotatable bonds is 6. The molecule has 5 nitrogen and oxygen atoms in total. The van der Waals surface area contributed by atoms with Crippen LogP contribution >= 0.6 is 0 Å². The molecule has 0 aliphatic carbocycles. The van der Waals surface area contributed by atoms with E-state index in [9.17, 15) is 9.59 Å². The predicted octanol–water partition coefficient (Wildman–Crippen LogP) is 4.60. The molecule has 29 heavy (non-hydrogen) atoms. The first kappa shape index (κ1) is 18.6. The number of methoxy groups -OCH3 is 1. The fourth-order valence-corrected chi connectivity index (χ4v) is 3.53. The fourth-order valence-electron chi connectivity index (χ4n) is 3.53. The van der Waals surface area contributed by atoms with Crippen molar-refractivity contribution in [1.82, 2.24) is 9.97 Å². The minimum absolute atomic E-state index is 0.107. The molecule has 0 aliphatic heterocycles. The summed E-state index contributed by atoms with van der Waals surface area (Å²) in [6, 6.07) is 16.8. The van der Waals surface area contributed by atoms with E-state index in [1.807, 2.05) is 30.3 Å². The third-order valence-corrected chi connectivity index (χ3v) is 4.84. The molecular formula is C24H20N2O3. The molecule has 4 rings (SSSR count). The summed E-state index contributed by atoms with van der Waals surface area (Å²) in [4.78, 5) is 32.2. The lowest BCUT2D eigenvalue weighted by molar-refractivity contribution is -0.116. The van der Waals surface area contributed by atoms with Crippen LogP contribution in [0.2, 0.25) is 0 Å². The Balaban J connectivity index is 1.84. The maximum atomic E-state index is 13.2. The highest BCUT2D eigenvalue weighted by Gasteiger charge is 2.19. The molecule has 0 atom stereocenters. The summed E-state index contributed by atoms with van der Waals surface area (Å²) in [7, 11) is 1.57. The zero-order chi connectivity index (χ0) is 20.4. The largest absolute Gasteiger partial charge is 0.497 e. The number of nitrogens with zero attached hydrogens (tertiary/aromatic N) is 1. The lowest BCUT2D eigenvalue weighted by Gasteiger charge is -2.08. The van der Waals surface area contributed by atoms with Crippen LogP contribution in [0, 0.1) is 0 Å². The number of aromatic nitrogens is 2. The van der Waals surface area contributed by atoms with Gasteiger partial charge in [-0.2, -0.15) is 0 Å². The van der Waals surface area contributed by atoms with Crippen molar-refractivity contribution >= 4 is 22.6 Å². The highest BCUT2D eigenvalue weighted by atomic mass is 16.5. The number of aromatic amines is 1. The van der Waals surface area contributed by atoms with Crippen LogP contribution in [-0.4, -0.2) is 28.6 Å². The molecule has 0 aliphatic rings. The molecule has 0 fully saturated rings. The SMILES string of the molecule is COc1cccc(C(=O)c2c[nH]c3nccc(-c4cccc(CC(C)=O)c4)c23)c1. The number of fused-ring (bicyclic) bond motifs is 1. The van der Waals surface area contributed by atoms with E-state index in [0.717, 1.165) is 22.1 Å². The van der Waals surface area contributed by atoms with E-state index in [1.165, 1.54) is 0 Å². The summed E-state index contributed by atoms with van der Waals surface area (Å²) < 4.78 is 5.25. The Kier molecular flexibility index (Phi) is 4.96. The molecule has 2 heterocycles. The highest BCUT2D eigenvalue weighted by molar-refractivity contribution is 6.18. The summed E-state index contributed by atoms with van der Waals surface area (Å²) in [5.41, 5.74) is 4.52. The number of H-pyrrole nitrogens is 1. The van der Waals surface area contributed by atoms with E-state index >= 15 is 0 Å². The number of hydrogen-bond acceptors (Lipinski definition) is 4. The molecule has 0 radical (unpaired) electrons. The second-order valence-corrected chi connectivity index (χ2v) is 6.92. The van der Waals surface area contributed by atoms with E-state index in [1.54, 1.807) is 50.7 Å². The molecule has 0 saturated heterocycles. The number of nitrogens with one attached hydrogen (secondary N) is 1. The molecule has 0 unspecified atom stereocenters. The van der Waals surface area contributed by atoms with Crippen LogP contribution in [0.5, 0.6) is 5.75 Å². The van der Waals surface area contributed by atoms with Crippen LogP contribution in [0.1, 0.15) is 28.4 Å². The monoisotopic (exact) mass is 384 g/mol. The van der Waals surface area contributed by atoms with Crippen molar-refractivity contribution in [2.24, 2.45) is 0 Å². The Morgan fingerprint density at radius 2 is 1.90 bits per heavy atom. The molecule has 0 bridgehead atoms. The Morgan fingerprint density at radius 1 is 1.07 bits per heavy atom. The van der Waals surface area contributed by atoms with Crippen LogP contribution in [0.15, 0.2) is 67.0 Å². The topological polar surface area (TPSA) is 72.1 Å². The van der Waals surface area contributed by atoms with Crippen molar-refractivity contribution in [3.8, 4) is 16.9 Å². The maximum absolute atomic E-state index is 13.2. The first-order valence-electron chi connectivity index (χ1n) is 9.30. The van der Waals surface area contributed by atoms with Gasteiger partial charge in [0.2, 0.25) is 0 Å². The van der Waals surface area contributed by atoms with E-state index < -0.39 is 0 Å². The average molecular weight is 384 g/mol. The second kappa shape index (κ2) is 7.72. The minimum Gasteiger partial charge on any atom is -0.497 e. The fraction of sp³-hybridized carbons (Fsp3) is 0.125. The smallest absolute Gasteiger partial charge is 0.195 e. The number of carbonyl (C=O) groups is 2. The minimum atomic E-state index is -0.107. The van der Waals surface area contributed by atoms with Gasteiger partial charge in [-0.15, -0.1) is 0 Å². The zero-order valence-electron chi connectivity index (χ0n) is 16.2. The van der Waals surface area contributed by atoms with Gasteiger partial charge in [0.15, 0.2) is 5.78 Å². The van der Waals surface area contributed by atoms with E-state index in [-0.39, 0.29) is 11.6 Å². The van der Waals surface area contributed by atoms with Crippen LogP contribution < -0.4 is 4.74 Å². The van der Waals surface area contributed by atoms with E-state index in [4.69, 9.17) is 4.74 Å². The summed E-state index contributed by atoms with van der Waals surface area (Å²) in [6.45, 7) is 1.58. The average Bonchev–Trinajstić information content (AvgIpc) is 3.17. The van der Waals surface area contributed by atoms with E-state index in [2.05, 4.69) is 9.97 Å². The lowest BCUT2D eigenvalue weighted by atomic mass is 9.95. The number of carbonyl (C=O) groups excluding carboxylic acids is 2. The Bertz CT molecular complexity index is 1220. The normalized spacial score (nSPS) is 10.8. The number of benzene rings is 2. The molecule has 0 amide bonds. The standard InChI is InChI=1S/C24H20N2O3/c1-15(27)11-16-5-3-6-17(12-16)20-9-10-25-24-22(20)21(14-26-24)23(28)18-7-4-8-19(13-18)29-2/h3-10,12-14H,11H2,1-2H3,(H,25,26). The molecule has 2 aromatic heterocycles. The van der Waals surface area contributed by atoms with Crippen molar-refractivity contribution in [3.05, 3.63) is 83.7 Å². The van der Waals surface area contributed by atoms with Gasteiger partial charge in [-0.05, 0) is 41.8 Å². The summed E-state index contributed by atoms with van der Waals surface area (Å²) in [6.07, 6.45) is 3.79. The van der Waals surface area contributed by atoms with Crippen LogP contribution in [-0.2, 0) is 11.2 Å². The van der Waals surface area contributed by atoms with Gasteiger partial charge < -0.3 is 9.72 Å². The van der Waals surface area contributed by atoms with Gasteiger partial charge in [-0.3, -0.25) is 9.59 Å². The number of ketones is 2.